The van der Waals surface area contributed by atoms with Crippen LogP contribution in [0.25, 0.3) is 5.69 Å². The molecule has 0 fully saturated rings. The van der Waals surface area contributed by atoms with Gasteiger partial charge in [0.25, 0.3) is 11.5 Å². The summed E-state index contributed by atoms with van der Waals surface area (Å²) >= 11 is 0. The SMILES string of the molecule is Cc1c(NC(=O)[C@H](C)Oc2cccc(F)c2)c(=O)n(-c2ccccc2)n1C. The largest absolute Gasteiger partial charge is 0.481 e. The van der Waals surface area contributed by atoms with E-state index in [1.165, 1.54) is 29.8 Å². The number of rotatable bonds is 5. The van der Waals surface area contributed by atoms with Gasteiger partial charge >= 0.3 is 0 Å². The lowest BCUT2D eigenvalue weighted by Gasteiger charge is -2.14. The minimum atomic E-state index is -0.906. The molecule has 140 valence electrons. The van der Waals surface area contributed by atoms with Gasteiger partial charge < -0.3 is 10.1 Å². The second kappa shape index (κ2) is 7.49. The van der Waals surface area contributed by atoms with Crippen LogP contribution in [0.2, 0.25) is 0 Å². The molecule has 2 aromatic carbocycles. The number of carbonyl (C=O) groups excluding carboxylic acids is 1. The molecule has 1 aromatic heterocycles. The van der Waals surface area contributed by atoms with Crippen LogP contribution in [0.4, 0.5) is 10.1 Å². The van der Waals surface area contributed by atoms with E-state index < -0.39 is 17.8 Å². The molecule has 0 saturated carbocycles. The number of carbonyl (C=O) groups is 1. The first-order valence-corrected chi connectivity index (χ1v) is 8.45. The van der Waals surface area contributed by atoms with Gasteiger partial charge in [0, 0.05) is 13.1 Å². The Balaban J connectivity index is 1.83. The number of nitrogens with one attached hydrogen (secondary N) is 1. The number of aromatic nitrogens is 2. The van der Waals surface area contributed by atoms with Crippen LogP contribution in [0.1, 0.15) is 12.6 Å². The van der Waals surface area contributed by atoms with Gasteiger partial charge in [0.2, 0.25) is 0 Å². The topological polar surface area (TPSA) is 65.3 Å². The van der Waals surface area contributed by atoms with Crippen molar-refractivity contribution in [1.29, 1.82) is 0 Å². The van der Waals surface area contributed by atoms with E-state index in [1.54, 1.807) is 24.7 Å². The van der Waals surface area contributed by atoms with E-state index in [0.717, 1.165) is 0 Å². The highest BCUT2D eigenvalue weighted by Crippen LogP contribution is 2.17. The van der Waals surface area contributed by atoms with E-state index in [0.29, 0.717) is 11.4 Å². The van der Waals surface area contributed by atoms with E-state index in [2.05, 4.69) is 5.32 Å². The van der Waals surface area contributed by atoms with Crippen LogP contribution in [0.3, 0.4) is 0 Å². The number of ether oxygens (including phenoxy) is 1. The molecule has 0 aliphatic rings. The Morgan fingerprint density at radius 1 is 1.15 bits per heavy atom. The zero-order valence-corrected chi connectivity index (χ0v) is 15.3. The summed E-state index contributed by atoms with van der Waals surface area (Å²) in [5.41, 5.74) is 1.14. The van der Waals surface area contributed by atoms with Gasteiger partial charge in [-0.15, -0.1) is 0 Å². The summed E-state index contributed by atoms with van der Waals surface area (Å²) in [5.74, 6) is -0.709. The molecule has 0 saturated heterocycles. The third kappa shape index (κ3) is 3.76. The fourth-order valence-corrected chi connectivity index (χ4v) is 2.74. The molecule has 3 rings (SSSR count). The highest BCUT2D eigenvalue weighted by molar-refractivity contribution is 5.94. The van der Waals surface area contributed by atoms with Crippen LogP contribution in [0.5, 0.6) is 5.75 Å². The van der Waals surface area contributed by atoms with E-state index in [9.17, 15) is 14.0 Å². The molecule has 0 aliphatic heterocycles. The summed E-state index contributed by atoms with van der Waals surface area (Å²) in [5, 5.41) is 2.63. The lowest BCUT2D eigenvalue weighted by Crippen LogP contribution is -2.32. The van der Waals surface area contributed by atoms with E-state index in [-0.39, 0.29) is 17.0 Å². The maximum atomic E-state index is 13.3. The van der Waals surface area contributed by atoms with Crippen molar-refractivity contribution in [2.24, 2.45) is 7.05 Å². The number of halogens is 1. The highest BCUT2D eigenvalue weighted by atomic mass is 19.1. The van der Waals surface area contributed by atoms with Crippen molar-refractivity contribution in [1.82, 2.24) is 9.36 Å². The van der Waals surface area contributed by atoms with Gasteiger partial charge in [0.15, 0.2) is 6.10 Å². The number of hydrogen-bond donors (Lipinski definition) is 1. The van der Waals surface area contributed by atoms with Gasteiger partial charge in [-0.2, -0.15) is 0 Å². The summed E-state index contributed by atoms with van der Waals surface area (Å²) in [6.45, 7) is 3.28. The molecule has 1 heterocycles. The Morgan fingerprint density at radius 3 is 2.52 bits per heavy atom. The Labute approximate surface area is 155 Å². The molecule has 1 amide bonds. The van der Waals surface area contributed by atoms with E-state index in [4.69, 9.17) is 4.74 Å². The maximum Gasteiger partial charge on any atom is 0.295 e. The van der Waals surface area contributed by atoms with Crippen LogP contribution in [0, 0.1) is 12.7 Å². The lowest BCUT2D eigenvalue weighted by molar-refractivity contribution is -0.122. The van der Waals surface area contributed by atoms with Crippen molar-refractivity contribution in [3.8, 4) is 11.4 Å². The Kier molecular flexibility index (Phi) is 5.12. The van der Waals surface area contributed by atoms with Crippen LogP contribution >= 0.6 is 0 Å². The molecular weight excluding hydrogens is 349 g/mol. The average Bonchev–Trinajstić information content (AvgIpc) is 2.85. The van der Waals surface area contributed by atoms with Gasteiger partial charge in [-0.05, 0) is 38.1 Å². The smallest absolute Gasteiger partial charge is 0.295 e. The van der Waals surface area contributed by atoms with Crippen molar-refractivity contribution in [2.75, 3.05) is 5.32 Å². The number of para-hydroxylation sites is 1. The number of nitrogens with zero attached hydrogens (tertiary/aromatic N) is 2. The van der Waals surface area contributed by atoms with Crippen LogP contribution in [-0.4, -0.2) is 21.4 Å². The van der Waals surface area contributed by atoms with Crippen molar-refractivity contribution in [3.05, 3.63) is 76.5 Å². The Bertz CT molecular complexity index is 1020. The number of amides is 1. The second-order valence-electron chi connectivity index (χ2n) is 6.14. The third-order valence-corrected chi connectivity index (χ3v) is 4.28. The van der Waals surface area contributed by atoms with E-state index in [1.807, 2.05) is 30.3 Å². The van der Waals surface area contributed by atoms with Crippen molar-refractivity contribution < 1.29 is 13.9 Å². The molecule has 27 heavy (non-hydrogen) atoms. The third-order valence-electron chi connectivity index (χ3n) is 4.28. The molecule has 6 nitrogen and oxygen atoms in total. The van der Waals surface area contributed by atoms with Gasteiger partial charge in [-0.3, -0.25) is 14.3 Å². The molecule has 0 spiro atoms. The average molecular weight is 369 g/mol. The van der Waals surface area contributed by atoms with Gasteiger partial charge in [0.1, 0.15) is 17.3 Å². The van der Waals surface area contributed by atoms with Crippen molar-refractivity contribution >= 4 is 11.6 Å². The quantitative estimate of drug-likeness (QED) is 0.752. The summed E-state index contributed by atoms with van der Waals surface area (Å²) in [6, 6.07) is 14.7. The normalized spacial score (nSPS) is 11.9. The van der Waals surface area contributed by atoms with Crippen molar-refractivity contribution in [2.45, 2.75) is 20.0 Å². The molecule has 0 aliphatic carbocycles. The van der Waals surface area contributed by atoms with Crippen LogP contribution < -0.4 is 15.6 Å². The first-order chi connectivity index (χ1) is 12.9. The van der Waals surface area contributed by atoms with E-state index >= 15 is 0 Å². The molecule has 7 heteroatoms. The summed E-state index contributed by atoms with van der Waals surface area (Å²) in [7, 11) is 1.74. The first-order valence-electron chi connectivity index (χ1n) is 8.45. The van der Waals surface area contributed by atoms with Crippen molar-refractivity contribution in [3.63, 3.8) is 0 Å². The van der Waals surface area contributed by atoms with Gasteiger partial charge in [0.05, 0.1) is 11.4 Å². The predicted octanol–water partition coefficient (Wildman–Crippen LogP) is 3.03. The van der Waals surface area contributed by atoms with Gasteiger partial charge in [-0.1, -0.05) is 24.3 Å². The predicted molar refractivity (Wildman–Crippen MR) is 101 cm³/mol. The number of hydrogen-bond acceptors (Lipinski definition) is 3. The summed E-state index contributed by atoms with van der Waals surface area (Å²) in [6.07, 6.45) is -0.906. The first kappa shape index (κ1) is 18.4. The Hall–Kier alpha value is -3.35. The molecular formula is C20H20FN3O3. The molecule has 0 unspecified atom stereocenters. The fraction of sp³-hybridized carbons (Fsp3) is 0.200. The minimum absolute atomic E-state index is 0.182. The summed E-state index contributed by atoms with van der Waals surface area (Å²) in [4.78, 5) is 25.3. The summed E-state index contributed by atoms with van der Waals surface area (Å²) < 4.78 is 21.9. The zero-order valence-electron chi connectivity index (χ0n) is 15.3. The minimum Gasteiger partial charge on any atom is -0.481 e. The monoisotopic (exact) mass is 369 g/mol. The van der Waals surface area contributed by atoms with Crippen LogP contribution in [-0.2, 0) is 11.8 Å². The highest BCUT2D eigenvalue weighted by Gasteiger charge is 2.22. The molecule has 3 aromatic rings. The fourth-order valence-electron chi connectivity index (χ4n) is 2.74. The number of benzene rings is 2. The molecule has 0 bridgehead atoms. The maximum absolute atomic E-state index is 13.3. The Morgan fingerprint density at radius 2 is 1.85 bits per heavy atom. The molecule has 1 atom stereocenters. The number of anilines is 1. The van der Waals surface area contributed by atoms with Gasteiger partial charge in [-0.25, -0.2) is 9.07 Å². The molecule has 0 radical (unpaired) electrons. The zero-order chi connectivity index (χ0) is 19.6. The molecule has 1 N–H and O–H groups in total. The standard InChI is InChI=1S/C20H20FN3O3/c1-13-18(20(26)24(23(13)3)16-9-5-4-6-10-16)22-19(25)14(2)27-17-11-7-8-15(21)12-17/h4-12,14H,1-3H3,(H,22,25)/t14-/m0/s1. The second-order valence-corrected chi connectivity index (χ2v) is 6.14. The lowest BCUT2D eigenvalue weighted by atomic mass is 10.3. The van der Waals surface area contributed by atoms with Crippen LogP contribution in [0.15, 0.2) is 59.4 Å².